The maximum atomic E-state index is 2.73. The Morgan fingerprint density at radius 2 is 1.14 bits per heavy atom. The summed E-state index contributed by atoms with van der Waals surface area (Å²) < 4.78 is 0. The topological polar surface area (TPSA) is 0 Å². The van der Waals surface area contributed by atoms with Gasteiger partial charge in [-0.1, -0.05) is 59.3 Å². The van der Waals surface area contributed by atoms with Crippen LogP contribution >= 0.6 is 0 Å². The van der Waals surface area contributed by atoms with E-state index in [0.29, 0.717) is 0 Å². The SMILES string of the molecule is CCC1CC2C(C)C(C)C3CC4CCCC5CC6CCCC7C(C1)C2C3C(C54)C67. The van der Waals surface area contributed by atoms with Crippen LogP contribution in [0.15, 0.2) is 0 Å². The van der Waals surface area contributed by atoms with E-state index in [2.05, 4.69) is 20.8 Å². The molecule has 7 aliphatic rings. The lowest BCUT2D eigenvalue weighted by Crippen LogP contribution is -2.67. The summed E-state index contributed by atoms with van der Waals surface area (Å²) in [7, 11) is 0. The highest BCUT2D eigenvalue weighted by Gasteiger charge is 2.67. The number of hydrogen-bond acceptors (Lipinski definition) is 0. The third-order valence-corrected chi connectivity index (χ3v) is 13.3. The van der Waals surface area contributed by atoms with Crippen molar-refractivity contribution in [2.75, 3.05) is 0 Å². The van der Waals surface area contributed by atoms with E-state index < -0.39 is 0 Å². The molecule has 15 atom stereocenters. The Hall–Kier alpha value is 0. The number of fused-ring (bicyclic) bond motifs is 1. The summed E-state index contributed by atoms with van der Waals surface area (Å²) in [6.45, 7) is 7.95. The van der Waals surface area contributed by atoms with Crippen LogP contribution in [0.3, 0.4) is 0 Å². The highest BCUT2D eigenvalue weighted by molar-refractivity contribution is 5.15. The predicted octanol–water partition coefficient (Wildman–Crippen LogP) is 7.68. The molecule has 0 aliphatic heterocycles. The highest BCUT2D eigenvalue weighted by Crippen LogP contribution is 2.73. The Labute approximate surface area is 180 Å². The van der Waals surface area contributed by atoms with E-state index in [4.69, 9.17) is 0 Å². The van der Waals surface area contributed by atoms with Gasteiger partial charge in [0.25, 0.3) is 0 Å². The second-order valence-electron chi connectivity index (χ2n) is 13.6. The van der Waals surface area contributed by atoms with Crippen LogP contribution in [0, 0.1) is 88.8 Å². The van der Waals surface area contributed by atoms with E-state index >= 15 is 0 Å². The van der Waals surface area contributed by atoms with Gasteiger partial charge in [0.1, 0.15) is 0 Å². The number of rotatable bonds is 1. The van der Waals surface area contributed by atoms with Crippen molar-refractivity contribution in [1.82, 2.24) is 0 Å². The standard InChI is InChI=1S/C29H46/c1-4-17-11-22-15(2)16(3)23-14-20-8-5-7-18-13-19-9-6-10-21-24(12-17)27(22)28(23)29(25(18)20)26(19)21/h15-29H,4-14H2,1-3H3. The van der Waals surface area contributed by atoms with Crippen LogP contribution < -0.4 is 0 Å². The van der Waals surface area contributed by atoms with Gasteiger partial charge in [-0.2, -0.15) is 0 Å². The lowest BCUT2D eigenvalue weighted by Gasteiger charge is -2.73. The van der Waals surface area contributed by atoms with Crippen molar-refractivity contribution in [2.24, 2.45) is 88.8 Å². The van der Waals surface area contributed by atoms with Gasteiger partial charge in [-0.15, -0.1) is 0 Å². The second-order valence-corrected chi connectivity index (χ2v) is 13.6. The van der Waals surface area contributed by atoms with Gasteiger partial charge in [0.2, 0.25) is 0 Å². The molecule has 7 aliphatic carbocycles. The molecule has 0 saturated heterocycles. The van der Waals surface area contributed by atoms with Crippen molar-refractivity contribution in [3.8, 4) is 0 Å². The van der Waals surface area contributed by atoms with Crippen LogP contribution in [0.25, 0.3) is 0 Å². The molecule has 7 fully saturated rings. The van der Waals surface area contributed by atoms with Gasteiger partial charge in [0, 0.05) is 0 Å². The Morgan fingerprint density at radius 3 is 1.90 bits per heavy atom. The fourth-order valence-corrected chi connectivity index (χ4v) is 12.6. The first-order chi connectivity index (χ1) is 14.2. The van der Waals surface area contributed by atoms with Gasteiger partial charge in [-0.25, -0.2) is 0 Å². The molecule has 7 rings (SSSR count). The molecule has 0 heteroatoms. The molecule has 0 spiro atoms. The van der Waals surface area contributed by atoms with E-state index in [1.165, 1.54) is 24.2 Å². The molecule has 0 N–H and O–H groups in total. The summed E-state index contributed by atoms with van der Waals surface area (Å²) in [5.41, 5.74) is 0. The fraction of sp³-hybridized carbons (Fsp3) is 1.00. The lowest BCUT2D eigenvalue weighted by molar-refractivity contribution is -0.246. The summed E-state index contributed by atoms with van der Waals surface area (Å²) >= 11 is 0. The molecule has 162 valence electrons. The smallest absolute Gasteiger partial charge is 0.0313 e. The maximum absolute atomic E-state index is 2.73. The van der Waals surface area contributed by atoms with Gasteiger partial charge >= 0.3 is 0 Å². The van der Waals surface area contributed by atoms with Crippen LogP contribution in [0.2, 0.25) is 0 Å². The van der Waals surface area contributed by atoms with Gasteiger partial charge < -0.3 is 0 Å². The third kappa shape index (κ3) is 2.34. The van der Waals surface area contributed by atoms with Crippen molar-refractivity contribution < 1.29 is 0 Å². The fourth-order valence-electron chi connectivity index (χ4n) is 12.6. The van der Waals surface area contributed by atoms with E-state index in [9.17, 15) is 0 Å². The first kappa shape index (κ1) is 18.6. The number of hydrogen-bond donors (Lipinski definition) is 0. The molecule has 0 heterocycles. The Kier molecular flexibility index (Phi) is 4.17. The molecule has 0 radical (unpaired) electrons. The molecular weight excluding hydrogens is 348 g/mol. The molecule has 0 aromatic rings. The minimum Gasteiger partial charge on any atom is -0.0651 e. The van der Waals surface area contributed by atoms with Gasteiger partial charge in [-0.3, -0.25) is 0 Å². The largest absolute Gasteiger partial charge is 0.0651 e. The van der Waals surface area contributed by atoms with E-state index in [0.717, 1.165) is 71.0 Å². The highest BCUT2D eigenvalue weighted by atomic mass is 14.7. The van der Waals surface area contributed by atoms with Gasteiger partial charge in [0.05, 0.1) is 0 Å². The predicted molar refractivity (Wildman–Crippen MR) is 120 cm³/mol. The molecular formula is C29H46. The van der Waals surface area contributed by atoms with E-state index in [1.807, 2.05) is 0 Å². The Bertz CT molecular complexity index is 650. The first-order valence-electron chi connectivity index (χ1n) is 14.2. The summed E-state index contributed by atoms with van der Waals surface area (Å²) in [5, 5.41) is 0. The van der Waals surface area contributed by atoms with Gasteiger partial charge in [0.15, 0.2) is 0 Å². The van der Waals surface area contributed by atoms with Crippen molar-refractivity contribution in [3.63, 3.8) is 0 Å². The zero-order chi connectivity index (χ0) is 19.4. The summed E-state index contributed by atoms with van der Waals surface area (Å²) in [6.07, 6.45) is 17.7. The maximum Gasteiger partial charge on any atom is -0.0313 e. The van der Waals surface area contributed by atoms with Crippen LogP contribution in [0.1, 0.15) is 91.4 Å². The molecule has 15 unspecified atom stereocenters. The molecule has 0 aromatic carbocycles. The Morgan fingerprint density at radius 1 is 0.517 bits per heavy atom. The average molecular weight is 395 g/mol. The van der Waals surface area contributed by atoms with Crippen molar-refractivity contribution in [1.29, 1.82) is 0 Å². The third-order valence-electron chi connectivity index (χ3n) is 13.3. The monoisotopic (exact) mass is 394 g/mol. The van der Waals surface area contributed by atoms with Crippen molar-refractivity contribution >= 4 is 0 Å². The normalized spacial score (nSPS) is 64.9. The molecule has 7 saturated carbocycles. The minimum absolute atomic E-state index is 1.01. The molecule has 0 amide bonds. The summed E-state index contributed by atoms with van der Waals surface area (Å²) in [5.74, 6) is 16.9. The zero-order valence-electron chi connectivity index (χ0n) is 19.4. The van der Waals surface area contributed by atoms with Gasteiger partial charge in [-0.05, 0) is 121 Å². The van der Waals surface area contributed by atoms with Crippen LogP contribution in [0.4, 0.5) is 0 Å². The minimum atomic E-state index is 1.01. The van der Waals surface area contributed by atoms with E-state index in [-0.39, 0.29) is 0 Å². The average Bonchev–Trinajstić information content (AvgIpc) is 2.76. The molecule has 0 bridgehead atoms. The van der Waals surface area contributed by atoms with Crippen LogP contribution in [0.5, 0.6) is 0 Å². The molecule has 29 heavy (non-hydrogen) atoms. The second kappa shape index (κ2) is 6.51. The van der Waals surface area contributed by atoms with Crippen molar-refractivity contribution in [2.45, 2.75) is 91.4 Å². The molecule has 0 nitrogen and oxygen atoms in total. The van der Waals surface area contributed by atoms with E-state index in [1.54, 1.807) is 64.2 Å². The first-order valence-corrected chi connectivity index (χ1v) is 14.2. The summed E-state index contributed by atoms with van der Waals surface area (Å²) in [4.78, 5) is 0. The van der Waals surface area contributed by atoms with Crippen molar-refractivity contribution in [3.05, 3.63) is 0 Å². The summed E-state index contributed by atoms with van der Waals surface area (Å²) in [6, 6.07) is 0. The lowest BCUT2D eigenvalue weighted by atomic mass is 9.32. The molecule has 0 aromatic heterocycles. The quantitative estimate of drug-likeness (QED) is 0.428. The van der Waals surface area contributed by atoms with Crippen LogP contribution in [-0.4, -0.2) is 0 Å². The van der Waals surface area contributed by atoms with Crippen LogP contribution in [-0.2, 0) is 0 Å². The zero-order valence-corrected chi connectivity index (χ0v) is 19.4. The Balaban J connectivity index is 1.38.